The molecule has 0 aromatic heterocycles. The highest BCUT2D eigenvalue weighted by Crippen LogP contribution is 2.49. The van der Waals surface area contributed by atoms with E-state index < -0.39 is 11.6 Å². The molecule has 2 unspecified atom stereocenters. The van der Waals surface area contributed by atoms with Crippen LogP contribution in [-0.2, 0) is 5.60 Å². The molecule has 29 heavy (non-hydrogen) atoms. The molecule has 3 N–H and O–H groups in total. The SMILES string of the molecule is COc1cccc(C2(O)CC3CN(C(=O)Nc4ccc(C(=O)O)cc4)CC3C2)c1. The summed E-state index contributed by atoms with van der Waals surface area (Å²) in [5, 5.41) is 23.0. The number of carbonyl (C=O) groups excluding carboxylic acids is 1. The summed E-state index contributed by atoms with van der Waals surface area (Å²) in [5.41, 5.74) is 0.709. The molecule has 1 saturated heterocycles. The fourth-order valence-electron chi connectivity index (χ4n) is 4.56. The maximum absolute atomic E-state index is 12.6. The van der Waals surface area contributed by atoms with Gasteiger partial charge >= 0.3 is 12.0 Å². The summed E-state index contributed by atoms with van der Waals surface area (Å²) in [5.74, 6) is 0.208. The van der Waals surface area contributed by atoms with Crippen LogP contribution < -0.4 is 10.1 Å². The molecule has 1 heterocycles. The molecular formula is C22H24N2O5. The number of fused-ring (bicyclic) bond motifs is 1. The van der Waals surface area contributed by atoms with Gasteiger partial charge in [0.1, 0.15) is 5.75 Å². The fraction of sp³-hybridized carbons (Fsp3) is 0.364. The van der Waals surface area contributed by atoms with E-state index in [0.717, 1.165) is 11.3 Å². The van der Waals surface area contributed by atoms with E-state index >= 15 is 0 Å². The zero-order valence-electron chi connectivity index (χ0n) is 16.2. The first kappa shape index (κ1) is 19.3. The lowest BCUT2D eigenvalue weighted by atomic mass is 9.90. The van der Waals surface area contributed by atoms with Crippen molar-refractivity contribution in [2.24, 2.45) is 11.8 Å². The topological polar surface area (TPSA) is 99.1 Å². The van der Waals surface area contributed by atoms with Crippen LogP contribution in [0.2, 0.25) is 0 Å². The number of anilines is 1. The summed E-state index contributed by atoms with van der Waals surface area (Å²) in [6.45, 7) is 1.19. The molecule has 152 valence electrons. The number of aromatic carboxylic acids is 1. The molecule has 1 aliphatic heterocycles. The highest BCUT2D eigenvalue weighted by Gasteiger charge is 2.50. The van der Waals surface area contributed by atoms with Gasteiger partial charge in [-0.2, -0.15) is 0 Å². The summed E-state index contributed by atoms with van der Waals surface area (Å²) < 4.78 is 5.27. The number of aliphatic hydroxyl groups is 1. The first-order valence-corrected chi connectivity index (χ1v) is 9.64. The average Bonchev–Trinajstić information content (AvgIpc) is 3.24. The molecular weight excluding hydrogens is 372 g/mol. The maximum atomic E-state index is 12.6. The van der Waals surface area contributed by atoms with E-state index in [9.17, 15) is 14.7 Å². The Morgan fingerprint density at radius 1 is 1.10 bits per heavy atom. The number of ether oxygens (including phenoxy) is 1. The molecule has 7 heteroatoms. The Labute approximate surface area is 168 Å². The summed E-state index contributed by atoms with van der Waals surface area (Å²) in [7, 11) is 1.61. The Kier molecular flexibility index (Phi) is 4.92. The molecule has 1 saturated carbocycles. The van der Waals surface area contributed by atoms with Crippen molar-refractivity contribution in [3.63, 3.8) is 0 Å². The molecule has 2 atom stereocenters. The van der Waals surface area contributed by atoms with Crippen LogP contribution in [0.25, 0.3) is 0 Å². The number of nitrogens with zero attached hydrogens (tertiary/aromatic N) is 1. The molecule has 0 radical (unpaired) electrons. The minimum atomic E-state index is -1.00. The first-order chi connectivity index (χ1) is 13.9. The predicted molar refractivity (Wildman–Crippen MR) is 107 cm³/mol. The van der Waals surface area contributed by atoms with Gasteiger partial charge in [0.15, 0.2) is 0 Å². The van der Waals surface area contributed by atoms with Crippen LogP contribution in [0, 0.1) is 11.8 Å². The summed E-state index contributed by atoms with van der Waals surface area (Å²) >= 11 is 0. The molecule has 2 fully saturated rings. The summed E-state index contributed by atoms with van der Waals surface area (Å²) in [4.78, 5) is 25.3. The minimum Gasteiger partial charge on any atom is -0.497 e. The average molecular weight is 396 g/mol. The lowest BCUT2D eigenvalue weighted by Crippen LogP contribution is -2.35. The van der Waals surface area contributed by atoms with Crippen molar-refractivity contribution >= 4 is 17.7 Å². The van der Waals surface area contributed by atoms with Crippen molar-refractivity contribution in [1.82, 2.24) is 4.90 Å². The number of carboxylic acid groups (broad SMARTS) is 1. The number of benzene rings is 2. The van der Waals surface area contributed by atoms with Gasteiger partial charge in [0.25, 0.3) is 0 Å². The van der Waals surface area contributed by atoms with Gasteiger partial charge in [0.05, 0.1) is 18.3 Å². The molecule has 1 aliphatic carbocycles. The lowest BCUT2D eigenvalue weighted by molar-refractivity contribution is 0.0326. The Morgan fingerprint density at radius 2 is 1.76 bits per heavy atom. The van der Waals surface area contributed by atoms with Crippen molar-refractivity contribution in [2.45, 2.75) is 18.4 Å². The smallest absolute Gasteiger partial charge is 0.335 e. The molecule has 2 aromatic rings. The van der Waals surface area contributed by atoms with Gasteiger partial charge < -0.3 is 25.2 Å². The van der Waals surface area contributed by atoms with Crippen LogP contribution in [0.15, 0.2) is 48.5 Å². The van der Waals surface area contributed by atoms with Crippen LogP contribution in [0.5, 0.6) is 5.75 Å². The first-order valence-electron chi connectivity index (χ1n) is 9.64. The maximum Gasteiger partial charge on any atom is 0.335 e. The molecule has 2 aliphatic rings. The van der Waals surface area contributed by atoms with E-state index in [1.165, 1.54) is 12.1 Å². The minimum absolute atomic E-state index is 0.176. The van der Waals surface area contributed by atoms with E-state index in [1.807, 2.05) is 24.3 Å². The second-order valence-corrected chi connectivity index (χ2v) is 7.91. The van der Waals surface area contributed by atoms with Crippen LogP contribution in [-0.4, -0.2) is 47.3 Å². The van der Waals surface area contributed by atoms with Crippen molar-refractivity contribution < 1.29 is 24.5 Å². The second-order valence-electron chi connectivity index (χ2n) is 7.91. The number of amides is 2. The van der Waals surface area contributed by atoms with E-state index in [2.05, 4.69) is 5.32 Å². The number of likely N-dealkylation sites (tertiary alicyclic amines) is 1. The van der Waals surface area contributed by atoms with E-state index in [4.69, 9.17) is 9.84 Å². The Balaban J connectivity index is 1.38. The number of rotatable bonds is 4. The highest BCUT2D eigenvalue weighted by molar-refractivity contribution is 5.91. The number of nitrogens with one attached hydrogen (secondary N) is 1. The molecule has 4 rings (SSSR count). The summed E-state index contributed by atoms with van der Waals surface area (Å²) in [6.07, 6.45) is 1.23. The number of methoxy groups -OCH3 is 1. The largest absolute Gasteiger partial charge is 0.497 e. The van der Waals surface area contributed by atoms with Crippen LogP contribution in [0.4, 0.5) is 10.5 Å². The number of urea groups is 1. The van der Waals surface area contributed by atoms with Crippen molar-refractivity contribution in [2.75, 3.05) is 25.5 Å². The van der Waals surface area contributed by atoms with Crippen molar-refractivity contribution in [1.29, 1.82) is 0 Å². The Hall–Kier alpha value is -3.06. The van der Waals surface area contributed by atoms with E-state index in [1.54, 1.807) is 24.1 Å². The number of hydrogen-bond acceptors (Lipinski definition) is 4. The number of carbonyl (C=O) groups is 2. The van der Waals surface area contributed by atoms with Crippen molar-refractivity contribution in [3.8, 4) is 5.75 Å². The normalized spacial score (nSPS) is 25.5. The van der Waals surface area contributed by atoms with Crippen molar-refractivity contribution in [3.05, 3.63) is 59.7 Å². The number of carboxylic acids is 1. The molecule has 2 aromatic carbocycles. The van der Waals surface area contributed by atoms with Gasteiger partial charge in [-0.05, 0) is 66.6 Å². The van der Waals surface area contributed by atoms with Gasteiger partial charge in [0, 0.05) is 18.8 Å². The third-order valence-electron chi connectivity index (χ3n) is 6.05. The molecule has 7 nitrogen and oxygen atoms in total. The van der Waals surface area contributed by atoms with Gasteiger partial charge in [-0.15, -0.1) is 0 Å². The zero-order valence-corrected chi connectivity index (χ0v) is 16.2. The zero-order chi connectivity index (χ0) is 20.6. The second kappa shape index (κ2) is 7.40. The van der Waals surface area contributed by atoms with Gasteiger partial charge in [-0.1, -0.05) is 12.1 Å². The standard InChI is InChI=1S/C22H24N2O5/c1-29-19-4-2-3-17(9-19)22(28)10-15-12-24(13-16(15)11-22)21(27)23-18-7-5-14(6-8-18)20(25)26/h2-9,15-16,28H,10-13H2,1H3,(H,23,27)(H,25,26). The Bertz CT molecular complexity index is 913. The molecule has 0 spiro atoms. The quantitative estimate of drug-likeness (QED) is 0.737. The van der Waals surface area contributed by atoms with Gasteiger partial charge in [-0.25, -0.2) is 9.59 Å². The van der Waals surface area contributed by atoms with E-state index in [0.29, 0.717) is 31.6 Å². The molecule has 0 bridgehead atoms. The van der Waals surface area contributed by atoms with E-state index in [-0.39, 0.29) is 23.4 Å². The Morgan fingerprint density at radius 3 is 2.34 bits per heavy atom. The third-order valence-corrected chi connectivity index (χ3v) is 6.05. The fourth-order valence-corrected chi connectivity index (χ4v) is 4.56. The monoisotopic (exact) mass is 396 g/mol. The van der Waals surface area contributed by atoms with Crippen LogP contribution in [0.1, 0.15) is 28.8 Å². The predicted octanol–water partition coefficient (Wildman–Crippen LogP) is 3.15. The lowest BCUT2D eigenvalue weighted by Gasteiger charge is -2.27. The molecule has 2 amide bonds. The van der Waals surface area contributed by atoms with Gasteiger partial charge in [-0.3, -0.25) is 0 Å². The van der Waals surface area contributed by atoms with Crippen LogP contribution in [0.3, 0.4) is 0 Å². The number of hydrogen-bond donors (Lipinski definition) is 3. The van der Waals surface area contributed by atoms with Crippen LogP contribution >= 0.6 is 0 Å². The third kappa shape index (κ3) is 3.78. The van der Waals surface area contributed by atoms with Gasteiger partial charge in [0.2, 0.25) is 0 Å². The summed E-state index contributed by atoms with van der Waals surface area (Å²) in [6, 6.07) is 13.4. The highest BCUT2D eigenvalue weighted by atomic mass is 16.5.